The molecule has 2 bridgehead atoms. The van der Waals surface area contributed by atoms with Crippen molar-refractivity contribution in [2.45, 2.75) is 36.5 Å². The molecule has 3 saturated heterocycles. The Hall–Kier alpha value is -2.05. The standard InChI is InChI=1S/C14H21N3O8/c1-12(22,7-18)9(19)14-11(21)16-13(23,10(20)17-14)8(4-6-25-14)3-5-15-24-2/h3,5,9,18-19,22-23H,4,6-7H2,1-2H3,(H,16,21)(H,17,20)/b8-3+,15-5+/t9-,12-,13+,14-/m0/s1. The molecule has 3 fully saturated rings. The number of ether oxygens (including phenoxy) is 1. The Bertz CT molecular complexity index is 619. The Kier molecular flexibility index (Phi) is 5.16. The molecule has 3 aliphatic rings. The van der Waals surface area contributed by atoms with E-state index >= 15 is 0 Å². The predicted molar refractivity (Wildman–Crippen MR) is 81.8 cm³/mol. The number of fused-ring (bicyclic) bond motifs is 5. The number of hydrogen-bond acceptors (Lipinski definition) is 9. The molecule has 3 rings (SSSR count). The highest BCUT2D eigenvalue weighted by Gasteiger charge is 2.63. The van der Waals surface area contributed by atoms with Gasteiger partial charge >= 0.3 is 0 Å². The van der Waals surface area contributed by atoms with Gasteiger partial charge in [-0.3, -0.25) is 9.59 Å². The van der Waals surface area contributed by atoms with Crippen LogP contribution in [0.15, 0.2) is 16.8 Å². The fourth-order valence-electron chi connectivity index (χ4n) is 2.64. The molecule has 11 nitrogen and oxygen atoms in total. The maximum absolute atomic E-state index is 12.5. The summed E-state index contributed by atoms with van der Waals surface area (Å²) in [5.74, 6) is -2.15. The molecule has 0 aromatic heterocycles. The molecule has 4 atom stereocenters. The predicted octanol–water partition coefficient (Wildman–Crippen LogP) is -3.30. The number of aliphatic hydroxyl groups excluding tert-OH is 2. The number of carbonyl (C=O) groups excluding carboxylic acids is 2. The van der Waals surface area contributed by atoms with Crippen molar-refractivity contribution in [3.05, 3.63) is 11.6 Å². The Morgan fingerprint density at radius 1 is 1.44 bits per heavy atom. The van der Waals surface area contributed by atoms with Crippen LogP contribution in [-0.4, -0.2) is 81.9 Å². The number of carbonyl (C=O) groups is 2. The zero-order chi connectivity index (χ0) is 18.9. The number of rotatable bonds is 5. The van der Waals surface area contributed by atoms with Crippen molar-refractivity contribution < 1.29 is 39.6 Å². The highest BCUT2D eigenvalue weighted by molar-refractivity contribution is 6.03. The highest BCUT2D eigenvalue weighted by Crippen LogP contribution is 2.33. The van der Waals surface area contributed by atoms with E-state index in [1.54, 1.807) is 0 Å². The number of nitrogens with zero attached hydrogens (tertiary/aromatic N) is 1. The molecule has 0 spiro atoms. The highest BCUT2D eigenvalue weighted by atomic mass is 16.6. The average Bonchev–Trinajstić information content (AvgIpc) is 2.56. The molecule has 0 aromatic rings. The number of amides is 2. The number of piperazine rings is 1. The van der Waals surface area contributed by atoms with Crippen LogP contribution in [0.1, 0.15) is 13.3 Å². The fourth-order valence-corrected chi connectivity index (χ4v) is 2.64. The monoisotopic (exact) mass is 359 g/mol. The molecule has 140 valence electrons. The van der Waals surface area contributed by atoms with Crippen LogP contribution < -0.4 is 10.6 Å². The van der Waals surface area contributed by atoms with Gasteiger partial charge in [-0.1, -0.05) is 5.16 Å². The summed E-state index contributed by atoms with van der Waals surface area (Å²) >= 11 is 0. The Labute approximate surface area is 142 Å². The largest absolute Gasteiger partial charge is 0.399 e. The lowest BCUT2D eigenvalue weighted by Crippen LogP contribution is -2.82. The molecule has 0 radical (unpaired) electrons. The van der Waals surface area contributed by atoms with Crippen molar-refractivity contribution in [2.24, 2.45) is 5.16 Å². The number of allylic oxidation sites excluding steroid dienone is 1. The second-order valence-electron chi connectivity index (χ2n) is 6.00. The molecule has 0 aliphatic carbocycles. The third-order valence-electron chi connectivity index (χ3n) is 4.16. The van der Waals surface area contributed by atoms with Crippen molar-refractivity contribution in [3.8, 4) is 0 Å². The minimum atomic E-state index is -2.38. The zero-order valence-corrected chi connectivity index (χ0v) is 13.7. The maximum atomic E-state index is 12.5. The Morgan fingerprint density at radius 2 is 2.12 bits per heavy atom. The van der Waals surface area contributed by atoms with Crippen molar-refractivity contribution >= 4 is 18.0 Å². The van der Waals surface area contributed by atoms with E-state index < -0.39 is 41.6 Å². The first-order chi connectivity index (χ1) is 11.6. The third-order valence-corrected chi connectivity index (χ3v) is 4.16. The number of nitrogens with one attached hydrogen (secondary N) is 2. The molecule has 2 amide bonds. The molecular weight excluding hydrogens is 338 g/mol. The lowest BCUT2D eigenvalue weighted by Gasteiger charge is -2.49. The molecule has 3 heterocycles. The van der Waals surface area contributed by atoms with E-state index in [-0.39, 0.29) is 18.6 Å². The topological polar surface area (TPSA) is 170 Å². The van der Waals surface area contributed by atoms with Gasteiger partial charge in [0, 0.05) is 0 Å². The summed E-state index contributed by atoms with van der Waals surface area (Å²) in [4.78, 5) is 29.5. The van der Waals surface area contributed by atoms with E-state index in [4.69, 9.17) is 4.74 Å². The van der Waals surface area contributed by atoms with Gasteiger partial charge in [0.15, 0.2) is 0 Å². The third kappa shape index (κ3) is 3.12. The van der Waals surface area contributed by atoms with E-state index in [1.165, 1.54) is 19.4 Å². The minimum absolute atomic E-state index is 0.00960. The summed E-state index contributed by atoms with van der Waals surface area (Å²) in [6.07, 6.45) is 0.474. The molecule has 0 saturated carbocycles. The van der Waals surface area contributed by atoms with Gasteiger partial charge in [-0.2, -0.15) is 0 Å². The maximum Gasteiger partial charge on any atom is 0.280 e. The lowest BCUT2D eigenvalue weighted by atomic mass is 9.84. The van der Waals surface area contributed by atoms with Gasteiger partial charge in [0.25, 0.3) is 17.5 Å². The summed E-state index contributed by atoms with van der Waals surface area (Å²) in [7, 11) is 1.31. The van der Waals surface area contributed by atoms with Gasteiger partial charge in [-0.15, -0.1) is 0 Å². The second-order valence-corrected chi connectivity index (χ2v) is 6.00. The van der Waals surface area contributed by atoms with Crippen LogP contribution in [0.25, 0.3) is 0 Å². The Morgan fingerprint density at radius 3 is 2.72 bits per heavy atom. The summed E-state index contributed by atoms with van der Waals surface area (Å²) in [6.45, 7) is -0.00606. The van der Waals surface area contributed by atoms with Crippen molar-refractivity contribution in [1.29, 1.82) is 0 Å². The first kappa shape index (κ1) is 19.3. The fraction of sp³-hybridized carbons (Fsp3) is 0.643. The van der Waals surface area contributed by atoms with Gasteiger partial charge < -0.3 is 40.6 Å². The van der Waals surface area contributed by atoms with E-state index in [0.29, 0.717) is 0 Å². The van der Waals surface area contributed by atoms with Crippen LogP contribution in [0.5, 0.6) is 0 Å². The van der Waals surface area contributed by atoms with Crippen LogP contribution in [0.4, 0.5) is 0 Å². The van der Waals surface area contributed by atoms with Crippen molar-refractivity contribution in [2.75, 3.05) is 20.3 Å². The smallest absolute Gasteiger partial charge is 0.280 e. The molecule has 0 aromatic carbocycles. The number of hydrogen-bond donors (Lipinski definition) is 6. The zero-order valence-electron chi connectivity index (χ0n) is 13.7. The van der Waals surface area contributed by atoms with Crippen LogP contribution in [-0.2, 0) is 19.2 Å². The molecule has 25 heavy (non-hydrogen) atoms. The summed E-state index contributed by atoms with van der Waals surface area (Å²) in [5.41, 5.74) is -6.81. The summed E-state index contributed by atoms with van der Waals surface area (Å²) in [5, 5.41) is 47.9. The normalized spacial score (nSPS) is 34.9. The molecular formula is C14H21N3O8. The first-order valence-corrected chi connectivity index (χ1v) is 7.43. The van der Waals surface area contributed by atoms with E-state index in [9.17, 15) is 30.0 Å². The molecule has 0 unspecified atom stereocenters. The van der Waals surface area contributed by atoms with E-state index in [2.05, 4.69) is 20.6 Å². The van der Waals surface area contributed by atoms with Crippen LogP contribution in [0, 0.1) is 0 Å². The number of oxime groups is 1. The number of aliphatic hydroxyl groups is 4. The second kappa shape index (κ2) is 6.69. The summed E-state index contributed by atoms with van der Waals surface area (Å²) < 4.78 is 5.38. The van der Waals surface area contributed by atoms with Crippen LogP contribution >= 0.6 is 0 Å². The van der Waals surface area contributed by atoms with E-state index in [1.807, 2.05) is 0 Å². The van der Waals surface area contributed by atoms with Crippen molar-refractivity contribution in [1.82, 2.24) is 10.6 Å². The minimum Gasteiger partial charge on any atom is -0.399 e. The SMILES string of the molecule is CO/N=C/C=C1\CCO[C@]2([C@@H](O)[C@@](C)(O)CO)NC(=O)[C@@]1(O)NC2=O. The van der Waals surface area contributed by atoms with Gasteiger partial charge in [-0.25, -0.2) is 0 Å². The first-order valence-electron chi connectivity index (χ1n) is 7.43. The lowest BCUT2D eigenvalue weighted by molar-refractivity contribution is -0.230. The average molecular weight is 359 g/mol. The Balaban J connectivity index is 2.44. The molecule has 6 N–H and O–H groups in total. The molecule has 11 heteroatoms. The van der Waals surface area contributed by atoms with Gasteiger partial charge in [0.2, 0.25) is 5.72 Å². The molecule has 3 aliphatic heterocycles. The van der Waals surface area contributed by atoms with E-state index in [0.717, 1.165) is 6.92 Å². The van der Waals surface area contributed by atoms with Crippen molar-refractivity contribution in [3.63, 3.8) is 0 Å². The quantitative estimate of drug-likeness (QED) is 0.219. The summed E-state index contributed by atoms with van der Waals surface area (Å²) in [6, 6.07) is 0. The van der Waals surface area contributed by atoms with Gasteiger partial charge in [-0.05, 0) is 25.0 Å². The van der Waals surface area contributed by atoms with Crippen LogP contribution in [0.3, 0.4) is 0 Å². The van der Waals surface area contributed by atoms with Crippen LogP contribution in [0.2, 0.25) is 0 Å². The van der Waals surface area contributed by atoms with Gasteiger partial charge in [0.05, 0.1) is 19.4 Å². The van der Waals surface area contributed by atoms with Gasteiger partial charge in [0.1, 0.15) is 18.8 Å².